The first-order valence-electron chi connectivity index (χ1n) is 4.61. The van der Waals surface area contributed by atoms with Crippen LogP contribution in [0.3, 0.4) is 0 Å². The molecule has 0 unspecified atom stereocenters. The maximum absolute atomic E-state index is 8.62. The summed E-state index contributed by atoms with van der Waals surface area (Å²) in [4.78, 5) is 0. The Morgan fingerprint density at radius 1 is 1.43 bits per heavy atom. The van der Waals surface area contributed by atoms with Crippen LogP contribution >= 0.6 is 0 Å². The van der Waals surface area contributed by atoms with Gasteiger partial charge in [-0.05, 0) is 24.1 Å². The summed E-state index contributed by atoms with van der Waals surface area (Å²) < 4.78 is 0. The molecule has 0 atom stereocenters. The molecule has 2 rings (SSSR count). The highest BCUT2D eigenvalue weighted by Crippen LogP contribution is 2.23. The third kappa shape index (κ3) is 2.45. The molecule has 0 fully saturated rings. The smallest absolute Gasteiger partial charge is 0.0950 e. The lowest BCUT2D eigenvalue weighted by atomic mass is 10.1. The van der Waals surface area contributed by atoms with Gasteiger partial charge >= 0.3 is 0 Å². The number of hydrogen-bond acceptors (Lipinski definition) is 2. The normalized spacial score (nSPS) is 11.9. The number of fused-ring (bicyclic) bond motifs is 1. The maximum atomic E-state index is 8.62. The minimum Gasteiger partial charge on any atom is -0.397 e. The van der Waals surface area contributed by atoms with Crippen molar-refractivity contribution in [3.8, 4) is 6.07 Å². The van der Waals surface area contributed by atoms with Crippen LogP contribution in [-0.4, -0.2) is 11.7 Å². The Morgan fingerprint density at radius 2 is 2.07 bits per heavy atom. The molecule has 1 aromatic carbocycles. The third-order valence-electron chi connectivity index (χ3n) is 1.91. The molecule has 0 radical (unpaired) electrons. The number of benzene rings is 1. The monoisotopic (exact) mass is 187 g/mol. The van der Waals surface area contributed by atoms with Gasteiger partial charge in [0, 0.05) is 18.6 Å². The molecule has 0 aromatic heterocycles. The predicted octanol–water partition coefficient (Wildman–Crippen LogP) is 2.15. The zero-order chi connectivity index (χ0) is 10.4. The minimum absolute atomic E-state index is 0.250. The first kappa shape index (κ1) is 10.5. The van der Waals surface area contributed by atoms with Gasteiger partial charge in [-0.1, -0.05) is 24.3 Å². The van der Waals surface area contributed by atoms with Crippen LogP contribution in [0.2, 0.25) is 0 Å². The fourth-order valence-electron chi connectivity index (χ4n) is 1.35. The van der Waals surface area contributed by atoms with Crippen molar-refractivity contribution in [3.05, 3.63) is 41.0 Å². The lowest BCUT2D eigenvalue weighted by Crippen LogP contribution is -1.80. The fourth-order valence-corrected chi connectivity index (χ4v) is 1.35. The average molecular weight is 187 g/mol. The van der Waals surface area contributed by atoms with Gasteiger partial charge in [-0.2, -0.15) is 5.26 Å². The second-order valence-corrected chi connectivity index (χ2v) is 2.97. The summed E-state index contributed by atoms with van der Waals surface area (Å²) in [6, 6.07) is 10.3. The number of nitrogens with zero attached hydrogens (tertiary/aromatic N) is 1. The van der Waals surface area contributed by atoms with Crippen LogP contribution < -0.4 is 0 Å². The quantitative estimate of drug-likeness (QED) is 0.676. The molecule has 0 heterocycles. The van der Waals surface area contributed by atoms with Crippen LogP contribution in [0.5, 0.6) is 0 Å². The van der Waals surface area contributed by atoms with Gasteiger partial charge in [-0.3, -0.25) is 0 Å². The molecule has 0 aliphatic heterocycles. The van der Waals surface area contributed by atoms with E-state index in [2.05, 4.69) is 12.1 Å². The molecule has 2 nitrogen and oxygen atoms in total. The van der Waals surface area contributed by atoms with Gasteiger partial charge in [-0.25, -0.2) is 0 Å². The molecule has 1 aliphatic rings. The highest BCUT2D eigenvalue weighted by molar-refractivity contribution is 5.66. The summed E-state index contributed by atoms with van der Waals surface area (Å²) in [6.07, 6.45) is 2.77. The Labute approximate surface area is 84.1 Å². The molecule has 1 aromatic rings. The summed E-state index contributed by atoms with van der Waals surface area (Å²) in [5.74, 6) is 0. The molecule has 0 saturated carbocycles. The maximum Gasteiger partial charge on any atom is 0.0950 e. The number of aliphatic hydroxyl groups is 1. The van der Waals surface area contributed by atoms with Crippen LogP contribution in [-0.2, 0) is 6.42 Å². The van der Waals surface area contributed by atoms with Crippen molar-refractivity contribution in [2.75, 3.05) is 6.61 Å². The Kier molecular flexibility index (Phi) is 3.90. The van der Waals surface area contributed by atoms with Crippen LogP contribution in [0.4, 0.5) is 0 Å². The fraction of sp³-hybridized carbons (Fsp3) is 0.250. The SMILES string of the molecule is CCO.N#CC1=Cc2ccccc2C1. The summed E-state index contributed by atoms with van der Waals surface area (Å²) in [5, 5.41) is 16.2. The lowest BCUT2D eigenvalue weighted by molar-refractivity contribution is 0.318. The molecule has 72 valence electrons. The Balaban J connectivity index is 0.000000293. The zero-order valence-electron chi connectivity index (χ0n) is 8.20. The van der Waals surface area contributed by atoms with Gasteiger partial charge in [0.25, 0.3) is 0 Å². The van der Waals surface area contributed by atoms with Crippen molar-refractivity contribution in [2.45, 2.75) is 13.3 Å². The predicted molar refractivity (Wildman–Crippen MR) is 56.5 cm³/mol. The van der Waals surface area contributed by atoms with E-state index in [0.717, 1.165) is 12.0 Å². The van der Waals surface area contributed by atoms with Crippen LogP contribution in [0.15, 0.2) is 29.8 Å². The van der Waals surface area contributed by atoms with E-state index in [1.54, 1.807) is 6.92 Å². The molecule has 0 amide bonds. The Bertz CT molecular complexity index is 374. The van der Waals surface area contributed by atoms with Crippen molar-refractivity contribution in [3.63, 3.8) is 0 Å². The van der Waals surface area contributed by atoms with E-state index >= 15 is 0 Å². The molecule has 2 heteroatoms. The van der Waals surface area contributed by atoms with Crippen LogP contribution in [0.1, 0.15) is 18.1 Å². The first-order valence-corrected chi connectivity index (χ1v) is 4.61. The van der Waals surface area contributed by atoms with Crippen molar-refractivity contribution in [2.24, 2.45) is 0 Å². The summed E-state index contributed by atoms with van der Waals surface area (Å²) in [6.45, 7) is 1.93. The zero-order valence-corrected chi connectivity index (χ0v) is 8.20. The molecule has 1 N–H and O–H groups in total. The standard InChI is InChI=1S/C10H7N.C2H6O/c11-7-8-5-9-3-1-2-4-10(9)6-8;1-2-3/h1-5H,6H2;3H,2H2,1H3. The van der Waals surface area contributed by atoms with Gasteiger partial charge in [0.05, 0.1) is 6.07 Å². The van der Waals surface area contributed by atoms with Gasteiger partial charge in [0.15, 0.2) is 0 Å². The minimum atomic E-state index is 0.250. The Hall–Kier alpha value is -1.59. The van der Waals surface area contributed by atoms with E-state index in [0.29, 0.717) is 0 Å². The van der Waals surface area contributed by atoms with Crippen LogP contribution in [0, 0.1) is 11.3 Å². The average Bonchev–Trinajstić information content (AvgIpc) is 2.61. The molecular weight excluding hydrogens is 174 g/mol. The van der Waals surface area contributed by atoms with Crippen molar-refractivity contribution in [1.29, 1.82) is 5.26 Å². The molecule has 14 heavy (non-hydrogen) atoms. The molecule has 0 saturated heterocycles. The Morgan fingerprint density at radius 3 is 2.64 bits per heavy atom. The van der Waals surface area contributed by atoms with E-state index < -0.39 is 0 Å². The molecule has 0 bridgehead atoms. The van der Waals surface area contributed by atoms with E-state index in [1.807, 2.05) is 24.3 Å². The third-order valence-corrected chi connectivity index (χ3v) is 1.91. The van der Waals surface area contributed by atoms with Gasteiger partial charge in [0.2, 0.25) is 0 Å². The second-order valence-electron chi connectivity index (χ2n) is 2.97. The molecule has 1 aliphatic carbocycles. The van der Waals surface area contributed by atoms with Gasteiger partial charge in [-0.15, -0.1) is 0 Å². The number of aliphatic hydroxyl groups excluding tert-OH is 1. The topological polar surface area (TPSA) is 44.0 Å². The summed E-state index contributed by atoms with van der Waals surface area (Å²) >= 11 is 0. The highest BCUT2D eigenvalue weighted by Gasteiger charge is 2.09. The van der Waals surface area contributed by atoms with Crippen molar-refractivity contribution < 1.29 is 5.11 Å². The van der Waals surface area contributed by atoms with Crippen LogP contribution in [0.25, 0.3) is 6.08 Å². The number of nitriles is 1. The van der Waals surface area contributed by atoms with Crippen molar-refractivity contribution >= 4 is 6.08 Å². The van der Waals surface area contributed by atoms with E-state index in [4.69, 9.17) is 10.4 Å². The van der Waals surface area contributed by atoms with E-state index in [1.165, 1.54) is 11.1 Å². The number of hydrogen-bond donors (Lipinski definition) is 1. The number of rotatable bonds is 0. The molecular formula is C12H13NO. The largest absolute Gasteiger partial charge is 0.397 e. The second kappa shape index (κ2) is 5.21. The first-order chi connectivity index (χ1) is 6.81. The van der Waals surface area contributed by atoms with E-state index in [-0.39, 0.29) is 6.61 Å². The highest BCUT2D eigenvalue weighted by atomic mass is 16.2. The summed E-state index contributed by atoms with van der Waals surface area (Å²) in [5.41, 5.74) is 3.33. The molecule has 0 spiro atoms. The summed E-state index contributed by atoms with van der Waals surface area (Å²) in [7, 11) is 0. The van der Waals surface area contributed by atoms with E-state index in [9.17, 15) is 0 Å². The van der Waals surface area contributed by atoms with Crippen molar-refractivity contribution in [1.82, 2.24) is 0 Å². The number of allylic oxidation sites excluding steroid dienone is 1. The van der Waals surface area contributed by atoms with Gasteiger partial charge < -0.3 is 5.11 Å². The lowest BCUT2D eigenvalue weighted by Gasteiger charge is -1.93. The van der Waals surface area contributed by atoms with Gasteiger partial charge in [0.1, 0.15) is 0 Å².